The molecule has 96 valence electrons. The molecule has 1 aliphatic rings. The van der Waals surface area contributed by atoms with Gasteiger partial charge in [-0.1, -0.05) is 11.6 Å². The van der Waals surface area contributed by atoms with E-state index in [4.69, 9.17) is 16.3 Å². The molecule has 1 aliphatic heterocycles. The van der Waals surface area contributed by atoms with Crippen molar-refractivity contribution >= 4 is 22.6 Å². The fourth-order valence-electron chi connectivity index (χ4n) is 2.53. The number of ether oxygens (including phenoxy) is 1. The van der Waals surface area contributed by atoms with Crippen LogP contribution in [-0.4, -0.2) is 22.8 Å². The zero-order chi connectivity index (χ0) is 12.5. The third-order valence-electron chi connectivity index (χ3n) is 3.43. The molecule has 0 radical (unpaired) electrons. The van der Waals surface area contributed by atoms with Crippen molar-refractivity contribution in [1.29, 1.82) is 0 Å². The molecule has 3 rings (SSSR count). The summed E-state index contributed by atoms with van der Waals surface area (Å²) in [5, 5.41) is 0.636. The van der Waals surface area contributed by atoms with Gasteiger partial charge in [0, 0.05) is 24.1 Å². The van der Waals surface area contributed by atoms with Crippen LogP contribution in [0, 0.1) is 5.92 Å². The molecule has 1 atom stereocenters. The maximum atomic E-state index is 11.9. The van der Waals surface area contributed by atoms with Gasteiger partial charge in [0.15, 0.2) is 0 Å². The van der Waals surface area contributed by atoms with Crippen LogP contribution < -0.4 is 5.69 Å². The molecule has 18 heavy (non-hydrogen) atoms. The van der Waals surface area contributed by atoms with Gasteiger partial charge in [-0.15, -0.1) is 0 Å². The Labute approximate surface area is 110 Å². The van der Waals surface area contributed by atoms with Crippen molar-refractivity contribution in [3.05, 3.63) is 33.7 Å². The lowest BCUT2D eigenvalue weighted by Crippen LogP contribution is -2.27. The van der Waals surface area contributed by atoms with Crippen LogP contribution in [0.2, 0.25) is 5.02 Å². The van der Waals surface area contributed by atoms with Gasteiger partial charge >= 0.3 is 5.69 Å². The van der Waals surface area contributed by atoms with Crippen LogP contribution >= 0.6 is 11.6 Å². The summed E-state index contributed by atoms with van der Waals surface area (Å²) in [6, 6.07) is 5.48. The highest BCUT2D eigenvalue weighted by atomic mass is 35.5. The standard InChI is InChI=1S/C13H15ClN2O2/c14-10-3-4-12-11(6-10)15-13(17)16(12)7-9-2-1-5-18-8-9/h3-4,6,9H,1-2,5,7-8H2,(H,15,17). The number of imidazole rings is 1. The first-order valence-electron chi connectivity index (χ1n) is 6.20. The maximum absolute atomic E-state index is 11.9. The van der Waals surface area contributed by atoms with E-state index in [2.05, 4.69) is 4.98 Å². The van der Waals surface area contributed by atoms with Crippen molar-refractivity contribution in [3.8, 4) is 0 Å². The molecule has 4 nitrogen and oxygen atoms in total. The van der Waals surface area contributed by atoms with E-state index < -0.39 is 0 Å². The number of rotatable bonds is 2. The Morgan fingerprint density at radius 2 is 2.39 bits per heavy atom. The second-order valence-electron chi connectivity index (χ2n) is 4.79. The van der Waals surface area contributed by atoms with E-state index in [1.165, 1.54) is 0 Å². The number of hydrogen-bond acceptors (Lipinski definition) is 2. The van der Waals surface area contributed by atoms with Gasteiger partial charge in [-0.3, -0.25) is 4.57 Å². The van der Waals surface area contributed by atoms with Gasteiger partial charge in [0.05, 0.1) is 17.6 Å². The van der Waals surface area contributed by atoms with Gasteiger partial charge < -0.3 is 9.72 Å². The van der Waals surface area contributed by atoms with Gasteiger partial charge in [-0.05, 0) is 31.0 Å². The topological polar surface area (TPSA) is 47.0 Å². The Bertz CT molecular complexity index is 611. The largest absolute Gasteiger partial charge is 0.381 e. The Morgan fingerprint density at radius 3 is 3.17 bits per heavy atom. The average molecular weight is 267 g/mol. The Hall–Kier alpha value is -1.26. The van der Waals surface area contributed by atoms with Crippen LogP contribution in [-0.2, 0) is 11.3 Å². The lowest BCUT2D eigenvalue weighted by Gasteiger charge is -2.22. The van der Waals surface area contributed by atoms with E-state index in [9.17, 15) is 4.79 Å². The molecule has 0 saturated carbocycles. The van der Waals surface area contributed by atoms with Crippen molar-refractivity contribution < 1.29 is 4.74 Å². The minimum absolute atomic E-state index is 0.0714. The second kappa shape index (κ2) is 4.78. The number of benzene rings is 1. The van der Waals surface area contributed by atoms with E-state index >= 15 is 0 Å². The average Bonchev–Trinajstić information content (AvgIpc) is 2.66. The molecule has 1 unspecified atom stereocenters. The first kappa shape index (κ1) is 11.8. The third-order valence-corrected chi connectivity index (χ3v) is 3.67. The molecule has 5 heteroatoms. The molecular formula is C13H15ClN2O2. The monoisotopic (exact) mass is 266 g/mol. The Balaban J connectivity index is 1.95. The van der Waals surface area contributed by atoms with Crippen molar-refractivity contribution in [1.82, 2.24) is 9.55 Å². The van der Waals surface area contributed by atoms with Crippen molar-refractivity contribution in [3.63, 3.8) is 0 Å². The number of H-pyrrole nitrogens is 1. The summed E-state index contributed by atoms with van der Waals surface area (Å²) in [7, 11) is 0. The molecule has 0 bridgehead atoms. The summed E-state index contributed by atoms with van der Waals surface area (Å²) < 4.78 is 7.24. The maximum Gasteiger partial charge on any atom is 0.326 e. The van der Waals surface area contributed by atoms with E-state index in [0.29, 0.717) is 17.5 Å². The highest BCUT2D eigenvalue weighted by molar-refractivity contribution is 6.31. The summed E-state index contributed by atoms with van der Waals surface area (Å²) >= 11 is 5.92. The second-order valence-corrected chi connectivity index (χ2v) is 5.22. The molecule has 0 amide bonds. The van der Waals surface area contributed by atoms with Gasteiger partial charge in [0.25, 0.3) is 0 Å². The van der Waals surface area contributed by atoms with E-state index in [-0.39, 0.29) is 5.69 Å². The Morgan fingerprint density at radius 1 is 1.50 bits per heavy atom. The zero-order valence-electron chi connectivity index (χ0n) is 9.99. The summed E-state index contributed by atoms with van der Waals surface area (Å²) in [5.41, 5.74) is 1.64. The van der Waals surface area contributed by atoms with Crippen LogP contribution in [0.1, 0.15) is 12.8 Å². The molecule has 0 aliphatic carbocycles. The molecule has 1 fully saturated rings. The summed E-state index contributed by atoms with van der Waals surface area (Å²) in [6.45, 7) is 2.29. The molecular weight excluding hydrogens is 252 g/mol. The number of hydrogen-bond donors (Lipinski definition) is 1. The highest BCUT2D eigenvalue weighted by Gasteiger charge is 2.17. The summed E-state index contributed by atoms with van der Waals surface area (Å²) in [4.78, 5) is 14.8. The number of aromatic amines is 1. The van der Waals surface area contributed by atoms with Crippen molar-refractivity contribution in [2.24, 2.45) is 5.92 Å². The fraction of sp³-hybridized carbons (Fsp3) is 0.462. The van der Waals surface area contributed by atoms with E-state index in [0.717, 1.165) is 37.1 Å². The van der Waals surface area contributed by atoms with E-state index in [1.807, 2.05) is 12.1 Å². The lowest BCUT2D eigenvalue weighted by atomic mass is 10.0. The summed E-state index contributed by atoms with van der Waals surface area (Å²) in [6.07, 6.45) is 2.19. The van der Waals surface area contributed by atoms with Gasteiger partial charge in [-0.25, -0.2) is 4.79 Å². The molecule has 2 aromatic rings. The molecule has 1 saturated heterocycles. The highest BCUT2D eigenvalue weighted by Crippen LogP contribution is 2.20. The van der Waals surface area contributed by atoms with Crippen LogP contribution in [0.3, 0.4) is 0 Å². The number of halogens is 1. The first-order valence-corrected chi connectivity index (χ1v) is 6.57. The lowest BCUT2D eigenvalue weighted by molar-refractivity contribution is 0.0485. The predicted octanol–water partition coefficient (Wildman–Crippen LogP) is 2.41. The summed E-state index contributed by atoms with van der Waals surface area (Å²) in [5.74, 6) is 0.422. The minimum Gasteiger partial charge on any atom is -0.381 e. The smallest absolute Gasteiger partial charge is 0.326 e. The quantitative estimate of drug-likeness (QED) is 0.907. The van der Waals surface area contributed by atoms with Gasteiger partial charge in [-0.2, -0.15) is 0 Å². The number of fused-ring (bicyclic) bond motifs is 1. The molecule has 0 spiro atoms. The SMILES string of the molecule is O=c1[nH]c2cc(Cl)ccc2n1CC1CCCOC1. The number of nitrogens with one attached hydrogen (secondary N) is 1. The van der Waals surface area contributed by atoms with Crippen LogP contribution in [0.5, 0.6) is 0 Å². The van der Waals surface area contributed by atoms with Crippen LogP contribution in [0.15, 0.2) is 23.0 Å². The normalized spacial score (nSPS) is 20.4. The first-order chi connectivity index (χ1) is 8.74. The van der Waals surface area contributed by atoms with Crippen molar-refractivity contribution in [2.75, 3.05) is 13.2 Å². The molecule has 1 aromatic carbocycles. The van der Waals surface area contributed by atoms with Crippen LogP contribution in [0.25, 0.3) is 11.0 Å². The van der Waals surface area contributed by atoms with Crippen molar-refractivity contribution in [2.45, 2.75) is 19.4 Å². The molecule has 1 aromatic heterocycles. The third kappa shape index (κ3) is 2.18. The zero-order valence-corrected chi connectivity index (χ0v) is 10.7. The Kier molecular flexibility index (Phi) is 3.14. The predicted molar refractivity (Wildman–Crippen MR) is 71.1 cm³/mol. The van der Waals surface area contributed by atoms with Gasteiger partial charge in [0.2, 0.25) is 0 Å². The number of aromatic nitrogens is 2. The fourth-order valence-corrected chi connectivity index (χ4v) is 2.70. The molecule has 1 N–H and O–H groups in total. The minimum atomic E-state index is -0.0714. The van der Waals surface area contributed by atoms with Gasteiger partial charge in [0.1, 0.15) is 0 Å². The van der Waals surface area contributed by atoms with E-state index in [1.54, 1.807) is 10.6 Å². The van der Waals surface area contributed by atoms with Crippen LogP contribution in [0.4, 0.5) is 0 Å². The molecule has 2 heterocycles. The number of nitrogens with zero attached hydrogens (tertiary/aromatic N) is 1.